The largest absolute Gasteiger partial charge is 0.401 e. The molecule has 14 heteroatoms. The van der Waals surface area contributed by atoms with Crippen LogP contribution < -0.4 is 16.0 Å². The van der Waals surface area contributed by atoms with Gasteiger partial charge in [-0.25, -0.2) is 8.42 Å². The van der Waals surface area contributed by atoms with Gasteiger partial charge in [0.1, 0.15) is 0 Å². The number of H-pyrrole nitrogens is 1. The summed E-state index contributed by atoms with van der Waals surface area (Å²) in [6.45, 7) is 2.05. The van der Waals surface area contributed by atoms with E-state index in [0.717, 1.165) is 0 Å². The first-order chi connectivity index (χ1) is 19.2. The molecule has 0 spiro atoms. The van der Waals surface area contributed by atoms with Gasteiger partial charge in [-0.1, -0.05) is 29.3 Å². The molecule has 0 radical (unpaired) electrons. The molecule has 1 aliphatic heterocycles. The number of benzene rings is 2. The van der Waals surface area contributed by atoms with E-state index in [1.54, 1.807) is 32.0 Å². The van der Waals surface area contributed by atoms with E-state index in [4.69, 9.17) is 23.2 Å². The molecule has 0 saturated carbocycles. The summed E-state index contributed by atoms with van der Waals surface area (Å²) in [4.78, 5) is 28.6. The van der Waals surface area contributed by atoms with Gasteiger partial charge in [-0.15, -0.1) is 0 Å². The van der Waals surface area contributed by atoms with Crippen molar-refractivity contribution in [2.45, 2.75) is 30.7 Å². The van der Waals surface area contributed by atoms with Crippen molar-refractivity contribution >= 4 is 62.2 Å². The minimum absolute atomic E-state index is 0.0260. The maximum absolute atomic E-state index is 13.3. The molecule has 0 bridgehead atoms. The van der Waals surface area contributed by atoms with Gasteiger partial charge >= 0.3 is 6.18 Å². The predicted molar refractivity (Wildman–Crippen MR) is 152 cm³/mol. The highest BCUT2D eigenvalue weighted by Crippen LogP contribution is 2.37. The van der Waals surface area contributed by atoms with Gasteiger partial charge in [0.25, 0.3) is 11.8 Å². The van der Waals surface area contributed by atoms with Crippen LogP contribution in [-0.2, 0) is 20.4 Å². The SMILES string of the molecule is Cc1[nH]c(C=C2C(=O)Nc3ccc(S(=O)(=O)Cc4c(Cl)cccc4Cl)cc32)c(C)c1C(=O)NCCNCC(F)(F)F. The predicted octanol–water partition coefficient (Wildman–Crippen LogP) is 5.29. The third kappa shape index (κ3) is 6.95. The molecule has 1 aromatic heterocycles. The van der Waals surface area contributed by atoms with Gasteiger partial charge in [-0.2, -0.15) is 13.2 Å². The van der Waals surface area contributed by atoms with Crippen LogP contribution in [0.4, 0.5) is 18.9 Å². The van der Waals surface area contributed by atoms with Gasteiger partial charge in [-0.3, -0.25) is 9.59 Å². The number of carbonyl (C=O) groups excluding carboxylic acids is 2. The number of alkyl halides is 3. The van der Waals surface area contributed by atoms with Crippen LogP contribution in [0.15, 0.2) is 41.3 Å². The van der Waals surface area contributed by atoms with Gasteiger partial charge in [0.05, 0.1) is 28.3 Å². The molecule has 4 N–H and O–H groups in total. The molecule has 2 aromatic carbocycles. The number of sulfone groups is 1. The molecule has 218 valence electrons. The number of aryl methyl sites for hydroxylation is 1. The Labute approximate surface area is 244 Å². The van der Waals surface area contributed by atoms with Crippen LogP contribution in [0, 0.1) is 13.8 Å². The standard InChI is InChI=1S/C27H25Cl2F3N4O4S/c1-14-23(35-15(2)24(14)26(38)34-9-8-33-13-27(30,31)32)11-18-17-10-16(6-7-22(17)36-25(18)37)41(39,40)12-19-20(28)4-3-5-21(19)29/h3-7,10-11,33,35H,8-9,12-13H2,1-2H3,(H,34,38)(H,36,37). The summed E-state index contributed by atoms with van der Waals surface area (Å²) in [6, 6.07) is 8.98. The van der Waals surface area contributed by atoms with E-state index >= 15 is 0 Å². The minimum atomic E-state index is -4.35. The fraction of sp³-hybridized carbons (Fsp3) is 0.259. The molecule has 4 rings (SSSR count). The normalized spacial score (nSPS) is 14.3. The van der Waals surface area contributed by atoms with Gasteiger partial charge in [0.15, 0.2) is 9.84 Å². The Bertz CT molecular complexity index is 1650. The Kier molecular flexibility index (Phi) is 8.88. The van der Waals surface area contributed by atoms with Gasteiger partial charge < -0.3 is 20.9 Å². The zero-order valence-corrected chi connectivity index (χ0v) is 24.1. The summed E-state index contributed by atoms with van der Waals surface area (Å²) in [5, 5.41) is 7.92. The lowest BCUT2D eigenvalue weighted by molar-refractivity contribution is -0.124. The number of amides is 2. The monoisotopic (exact) mass is 628 g/mol. The molecule has 0 fully saturated rings. The van der Waals surface area contributed by atoms with Crippen LogP contribution in [-0.4, -0.2) is 51.0 Å². The fourth-order valence-electron chi connectivity index (χ4n) is 4.43. The second-order valence-corrected chi connectivity index (χ2v) is 12.2. The Balaban J connectivity index is 1.58. The smallest absolute Gasteiger partial charge is 0.358 e. The number of rotatable bonds is 9. The van der Waals surface area contributed by atoms with E-state index in [2.05, 4.69) is 20.9 Å². The van der Waals surface area contributed by atoms with E-state index in [1.165, 1.54) is 24.3 Å². The molecule has 0 unspecified atom stereocenters. The zero-order valence-electron chi connectivity index (χ0n) is 21.8. The molecule has 1 aliphatic rings. The van der Waals surface area contributed by atoms with E-state index < -0.39 is 40.1 Å². The van der Waals surface area contributed by atoms with Gasteiger partial charge in [0, 0.05) is 51.3 Å². The Morgan fingerprint density at radius 3 is 2.41 bits per heavy atom. The first-order valence-corrected chi connectivity index (χ1v) is 14.7. The fourth-order valence-corrected chi connectivity index (χ4v) is 6.55. The van der Waals surface area contributed by atoms with Crippen molar-refractivity contribution in [1.29, 1.82) is 0 Å². The Morgan fingerprint density at radius 1 is 1.07 bits per heavy atom. The summed E-state index contributed by atoms with van der Waals surface area (Å²) >= 11 is 12.3. The van der Waals surface area contributed by atoms with Crippen molar-refractivity contribution in [3.05, 3.63) is 80.1 Å². The van der Waals surface area contributed by atoms with E-state index in [0.29, 0.717) is 33.8 Å². The first-order valence-electron chi connectivity index (χ1n) is 12.3. The number of aromatic nitrogens is 1. The second-order valence-electron chi connectivity index (χ2n) is 9.39. The number of carbonyl (C=O) groups is 2. The molecular formula is C27H25Cl2F3N4O4S. The first kappa shape index (κ1) is 30.6. The van der Waals surface area contributed by atoms with Crippen LogP contribution in [0.25, 0.3) is 11.6 Å². The third-order valence-corrected chi connectivity index (χ3v) is 8.78. The van der Waals surface area contributed by atoms with Crippen LogP contribution >= 0.6 is 23.2 Å². The lowest BCUT2D eigenvalue weighted by Crippen LogP contribution is -2.36. The summed E-state index contributed by atoms with van der Waals surface area (Å²) in [7, 11) is -3.90. The summed E-state index contributed by atoms with van der Waals surface area (Å²) in [5.41, 5.74) is 2.95. The molecule has 2 amide bonds. The van der Waals surface area contributed by atoms with Crippen molar-refractivity contribution in [2.24, 2.45) is 0 Å². The number of hydrogen-bond donors (Lipinski definition) is 4. The van der Waals surface area contributed by atoms with E-state index in [-0.39, 0.29) is 39.2 Å². The topological polar surface area (TPSA) is 120 Å². The Hall–Kier alpha value is -3.32. The lowest BCUT2D eigenvalue weighted by atomic mass is 10.0. The van der Waals surface area contributed by atoms with Crippen molar-refractivity contribution < 1.29 is 31.2 Å². The maximum atomic E-state index is 13.3. The van der Waals surface area contributed by atoms with Crippen molar-refractivity contribution in [1.82, 2.24) is 15.6 Å². The highest BCUT2D eigenvalue weighted by atomic mass is 35.5. The van der Waals surface area contributed by atoms with Gasteiger partial charge in [0.2, 0.25) is 0 Å². The average Bonchev–Trinajstić information content (AvgIpc) is 3.34. The molecule has 3 aromatic rings. The average molecular weight is 629 g/mol. The molecular weight excluding hydrogens is 604 g/mol. The number of fused-ring (bicyclic) bond motifs is 1. The molecule has 2 heterocycles. The molecule has 0 saturated heterocycles. The molecule has 0 atom stereocenters. The van der Waals surface area contributed by atoms with E-state index in [9.17, 15) is 31.2 Å². The maximum Gasteiger partial charge on any atom is 0.401 e. The van der Waals surface area contributed by atoms with E-state index in [1.807, 2.05) is 0 Å². The zero-order chi connectivity index (χ0) is 30.1. The number of hydrogen-bond acceptors (Lipinski definition) is 5. The highest BCUT2D eigenvalue weighted by molar-refractivity contribution is 7.90. The number of nitrogens with one attached hydrogen (secondary N) is 4. The Morgan fingerprint density at radius 2 is 1.76 bits per heavy atom. The van der Waals surface area contributed by atoms with Crippen LogP contribution in [0.1, 0.15) is 38.4 Å². The van der Waals surface area contributed by atoms with Gasteiger partial charge in [-0.05, 0) is 55.8 Å². The number of anilines is 1. The van der Waals surface area contributed by atoms with Crippen LogP contribution in [0.5, 0.6) is 0 Å². The molecule has 41 heavy (non-hydrogen) atoms. The molecule has 0 aliphatic carbocycles. The molecule has 8 nitrogen and oxygen atoms in total. The second kappa shape index (κ2) is 11.9. The van der Waals surface area contributed by atoms with Crippen molar-refractivity contribution in [3.8, 4) is 0 Å². The summed E-state index contributed by atoms with van der Waals surface area (Å²) in [5.74, 6) is -1.39. The summed E-state index contributed by atoms with van der Waals surface area (Å²) in [6.07, 6.45) is -2.83. The number of halogens is 5. The third-order valence-electron chi connectivity index (χ3n) is 6.43. The minimum Gasteiger partial charge on any atom is -0.358 e. The number of aromatic amines is 1. The quantitative estimate of drug-likeness (QED) is 0.190. The van der Waals surface area contributed by atoms with Crippen LogP contribution in [0.2, 0.25) is 10.0 Å². The van der Waals surface area contributed by atoms with Crippen molar-refractivity contribution in [2.75, 3.05) is 25.0 Å². The van der Waals surface area contributed by atoms with Crippen molar-refractivity contribution in [3.63, 3.8) is 0 Å². The van der Waals surface area contributed by atoms with Crippen LogP contribution in [0.3, 0.4) is 0 Å². The lowest BCUT2D eigenvalue weighted by Gasteiger charge is -2.10. The highest BCUT2D eigenvalue weighted by Gasteiger charge is 2.29. The summed E-state index contributed by atoms with van der Waals surface area (Å²) < 4.78 is 63.3.